The molecule has 1 atom stereocenters. The van der Waals surface area contributed by atoms with Crippen molar-refractivity contribution in [2.75, 3.05) is 31.3 Å². The highest BCUT2D eigenvalue weighted by atomic mass is 32.2. The van der Waals surface area contributed by atoms with Gasteiger partial charge in [0, 0.05) is 0 Å². The number of benzene rings is 2. The second-order valence-corrected chi connectivity index (χ2v) is 8.27. The van der Waals surface area contributed by atoms with E-state index in [1.807, 2.05) is 6.92 Å². The molecule has 7 nitrogen and oxygen atoms in total. The Hall–Kier alpha value is -2.81. The molecule has 2 rings (SSSR count). The van der Waals surface area contributed by atoms with E-state index in [4.69, 9.17) is 9.47 Å². The van der Waals surface area contributed by atoms with Crippen LogP contribution in [0.5, 0.6) is 11.5 Å². The monoisotopic (exact) mass is 424 g/mol. The van der Waals surface area contributed by atoms with Crippen LogP contribution in [-0.4, -0.2) is 41.3 Å². The van der Waals surface area contributed by atoms with E-state index in [2.05, 4.69) is 5.32 Å². The van der Waals surface area contributed by atoms with Gasteiger partial charge in [0.25, 0.3) is 0 Å². The third-order valence-electron chi connectivity index (χ3n) is 4.36. The molecule has 0 aromatic heterocycles. The largest absolute Gasteiger partial charge is 0.493 e. The first-order valence-corrected chi connectivity index (χ1v) is 10.8. The number of nitrogens with one attached hydrogen (secondary N) is 1. The van der Waals surface area contributed by atoms with E-state index in [-0.39, 0.29) is 11.7 Å². The highest BCUT2D eigenvalue weighted by Crippen LogP contribution is 2.31. The van der Waals surface area contributed by atoms with E-state index >= 15 is 0 Å². The van der Waals surface area contributed by atoms with E-state index in [1.165, 1.54) is 32.4 Å². The highest BCUT2D eigenvalue weighted by molar-refractivity contribution is 7.92. The third-order valence-corrected chi connectivity index (χ3v) is 5.49. The van der Waals surface area contributed by atoms with Crippen LogP contribution in [0.1, 0.15) is 24.9 Å². The van der Waals surface area contributed by atoms with Crippen LogP contribution in [0.15, 0.2) is 42.5 Å². The Morgan fingerprint density at radius 2 is 1.79 bits per heavy atom. The zero-order chi connectivity index (χ0) is 21.6. The maximum atomic E-state index is 14.1. The van der Waals surface area contributed by atoms with Crippen LogP contribution in [0.25, 0.3) is 0 Å². The Balaban J connectivity index is 2.23. The van der Waals surface area contributed by atoms with E-state index in [9.17, 15) is 17.6 Å². The van der Waals surface area contributed by atoms with E-state index < -0.39 is 28.3 Å². The van der Waals surface area contributed by atoms with Crippen molar-refractivity contribution in [3.63, 3.8) is 0 Å². The number of amides is 1. The predicted octanol–water partition coefficient (Wildman–Crippen LogP) is 2.88. The number of ether oxygens (including phenoxy) is 2. The molecule has 0 heterocycles. The molecule has 0 saturated carbocycles. The molecule has 29 heavy (non-hydrogen) atoms. The fraction of sp³-hybridized carbons (Fsp3) is 0.350. The number of methoxy groups -OCH3 is 2. The lowest BCUT2D eigenvalue weighted by Crippen LogP contribution is -2.41. The van der Waals surface area contributed by atoms with Crippen LogP contribution in [-0.2, 0) is 14.8 Å². The van der Waals surface area contributed by atoms with Crippen molar-refractivity contribution in [1.82, 2.24) is 5.32 Å². The Morgan fingerprint density at radius 3 is 2.34 bits per heavy atom. The molecular weight excluding hydrogens is 399 g/mol. The summed E-state index contributed by atoms with van der Waals surface area (Å²) in [6.07, 6.45) is 1.48. The molecule has 1 unspecified atom stereocenters. The van der Waals surface area contributed by atoms with Gasteiger partial charge in [-0.2, -0.15) is 0 Å². The van der Waals surface area contributed by atoms with Crippen molar-refractivity contribution in [1.29, 1.82) is 0 Å². The molecule has 0 saturated heterocycles. The first kappa shape index (κ1) is 22.5. The van der Waals surface area contributed by atoms with Gasteiger partial charge in [0.2, 0.25) is 15.9 Å². The number of nitrogens with zero attached hydrogens (tertiary/aromatic N) is 1. The lowest BCUT2D eigenvalue weighted by atomic mass is 10.0. The number of hydrogen-bond acceptors (Lipinski definition) is 5. The van der Waals surface area contributed by atoms with Gasteiger partial charge in [-0.1, -0.05) is 25.1 Å². The van der Waals surface area contributed by atoms with Crippen molar-refractivity contribution in [3.8, 4) is 11.5 Å². The first-order chi connectivity index (χ1) is 13.7. The van der Waals surface area contributed by atoms with Crippen LogP contribution in [0, 0.1) is 5.82 Å². The average Bonchev–Trinajstić information content (AvgIpc) is 2.69. The minimum Gasteiger partial charge on any atom is -0.493 e. The van der Waals surface area contributed by atoms with Crippen molar-refractivity contribution in [2.24, 2.45) is 0 Å². The minimum atomic E-state index is -3.87. The Bertz CT molecular complexity index is 965. The summed E-state index contributed by atoms with van der Waals surface area (Å²) in [6, 6.07) is 10.3. The number of hydrogen-bond donors (Lipinski definition) is 1. The molecule has 0 aliphatic rings. The Morgan fingerprint density at radius 1 is 1.14 bits per heavy atom. The standard InChI is InChI=1S/C20H25FN2O5S/c1-5-16(14-10-11-18(27-2)19(12-14)28-3)22-20(24)13-23(29(4,25)26)17-9-7-6-8-15(17)21/h6-12,16H,5,13H2,1-4H3,(H,22,24). The second-order valence-electron chi connectivity index (χ2n) is 6.36. The minimum absolute atomic E-state index is 0.177. The van der Waals surface area contributed by atoms with Gasteiger partial charge in [0.1, 0.15) is 12.4 Å². The summed E-state index contributed by atoms with van der Waals surface area (Å²) in [5, 5.41) is 2.80. The smallest absolute Gasteiger partial charge is 0.241 e. The Labute approximate surface area is 170 Å². The van der Waals surface area contributed by atoms with Crippen molar-refractivity contribution in [2.45, 2.75) is 19.4 Å². The molecule has 0 aliphatic carbocycles. The molecule has 0 bridgehead atoms. The van der Waals surface area contributed by atoms with Crippen LogP contribution in [0.2, 0.25) is 0 Å². The quantitative estimate of drug-likeness (QED) is 0.669. The lowest BCUT2D eigenvalue weighted by Gasteiger charge is -2.24. The topological polar surface area (TPSA) is 84.9 Å². The average molecular weight is 424 g/mol. The number of carbonyl (C=O) groups excluding carboxylic acids is 1. The zero-order valence-electron chi connectivity index (χ0n) is 16.8. The molecule has 158 valence electrons. The summed E-state index contributed by atoms with van der Waals surface area (Å²) in [5.41, 5.74) is 0.597. The van der Waals surface area contributed by atoms with Crippen LogP contribution in [0.3, 0.4) is 0 Å². The van der Waals surface area contributed by atoms with Gasteiger partial charge in [0.05, 0.1) is 32.2 Å². The van der Waals surface area contributed by atoms with E-state index in [0.29, 0.717) is 17.9 Å². The highest BCUT2D eigenvalue weighted by Gasteiger charge is 2.25. The second kappa shape index (κ2) is 9.60. The number of rotatable bonds is 9. The summed E-state index contributed by atoms with van der Waals surface area (Å²) < 4.78 is 49.7. The molecule has 1 amide bonds. The van der Waals surface area contributed by atoms with Gasteiger partial charge < -0.3 is 14.8 Å². The molecule has 9 heteroatoms. The molecule has 2 aromatic carbocycles. The van der Waals surface area contributed by atoms with Gasteiger partial charge in [-0.15, -0.1) is 0 Å². The zero-order valence-corrected chi connectivity index (χ0v) is 17.6. The maximum Gasteiger partial charge on any atom is 0.241 e. The van der Waals surface area contributed by atoms with Crippen LogP contribution >= 0.6 is 0 Å². The predicted molar refractivity (Wildman–Crippen MR) is 109 cm³/mol. The molecule has 1 N–H and O–H groups in total. The Kier molecular flexibility index (Phi) is 7.44. The molecule has 0 radical (unpaired) electrons. The van der Waals surface area contributed by atoms with E-state index in [1.54, 1.807) is 18.2 Å². The maximum absolute atomic E-state index is 14.1. The van der Waals surface area contributed by atoms with Gasteiger partial charge >= 0.3 is 0 Å². The summed E-state index contributed by atoms with van der Waals surface area (Å²) in [6.45, 7) is 1.34. The SMILES string of the molecule is CCC(NC(=O)CN(c1ccccc1F)S(C)(=O)=O)c1ccc(OC)c(OC)c1. The van der Waals surface area contributed by atoms with Crippen LogP contribution < -0.4 is 19.1 Å². The number of anilines is 1. The first-order valence-electron chi connectivity index (χ1n) is 8.94. The molecule has 0 spiro atoms. The van der Waals surface area contributed by atoms with Crippen molar-refractivity contribution >= 4 is 21.6 Å². The lowest BCUT2D eigenvalue weighted by molar-refractivity contribution is -0.120. The van der Waals surface area contributed by atoms with Gasteiger partial charge in [-0.05, 0) is 36.2 Å². The van der Waals surface area contributed by atoms with Crippen LogP contribution in [0.4, 0.5) is 10.1 Å². The number of halogens is 1. The van der Waals surface area contributed by atoms with Gasteiger partial charge in [-0.25, -0.2) is 12.8 Å². The fourth-order valence-corrected chi connectivity index (χ4v) is 3.75. The fourth-order valence-electron chi connectivity index (χ4n) is 2.90. The summed E-state index contributed by atoms with van der Waals surface area (Å²) in [4.78, 5) is 12.6. The summed E-state index contributed by atoms with van der Waals surface area (Å²) >= 11 is 0. The van der Waals surface area contributed by atoms with E-state index in [0.717, 1.165) is 22.2 Å². The number of para-hydroxylation sites is 1. The van der Waals surface area contributed by atoms with Gasteiger partial charge in [0.15, 0.2) is 11.5 Å². The molecular formula is C20H25FN2O5S. The van der Waals surface area contributed by atoms with Gasteiger partial charge in [-0.3, -0.25) is 9.10 Å². The van der Waals surface area contributed by atoms with Crippen molar-refractivity contribution in [3.05, 3.63) is 53.8 Å². The normalized spacial score (nSPS) is 12.2. The number of sulfonamides is 1. The number of carbonyl (C=O) groups is 1. The third kappa shape index (κ3) is 5.60. The summed E-state index contributed by atoms with van der Waals surface area (Å²) in [5.74, 6) is -0.208. The molecule has 0 fully saturated rings. The molecule has 2 aromatic rings. The van der Waals surface area contributed by atoms with Crippen molar-refractivity contribution < 1.29 is 27.1 Å². The summed E-state index contributed by atoms with van der Waals surface area (Å²) in [7, 11) is -0.826. The molecule has 0 aliphatic heterocycles.